The Balaban J connectivity index is 1.65. The van der Waals surface area contributed by atoms with Gasteiger partial charge in [0, 0.05) is 12.4 Å². The van der Waals surface area contributed by atoms with Gasteiger partial charge < -0.3 is 16.0 Å². The van der Waals surface area contributed by atoms with E-state index in [1.54, 1.807) is 11.1 Å². The highest BCUT2D eigenvalue weighted by molar-refractivity contribution is 5.74. The Labute approximate surface area is 141 Å². The minimum atomic E-state index is -0.390. The summed E-state index contributed by atoms with van der Waals surface area (Å²) in [6, 6.07) is 10.2. The summed E-state index contributed by atoms with van der Waals surface area (Å²) in [6.45, 7) is 2.70. The van der Waals surface area contributed by atoms with Crippen molar-refractivity contribution in [1.29, 1.82) is 0 Å². The molecule has 1 unspecified atom stereocenters. The van der Waals surface area contributed by atoms with Crippen LogP contribution in [0.1, 0.15) is 47.1 Å². The van der Waals surface area contributed by atoms with Crippen molar-refractivity contribution in [2.45, 2.75) is 31.3 Å². The highest BCUT2D eigenvalue weighted by atomic mass is 16.2. The Kier molecular flexibility index (Phi) is 3.94. The summed E-state index contributed by atoms with van der Waals surface area (Å²) in [4.78, 5) is 17.8. The summed E-state index contributed by atoms with van der Waals surface area (Å²) < 4.78 is 0. The third kappa shape index (κ3) is 2.65. The molecule has 0 radical (unpaired) electrons. The van der Waals surface area contributed by atoms with Gasteiger partial charge in [0.05, 0.1) is 12.6 Å². The first kappa shape index (κ1) is 15.1. The molecule has 124 valence electrons. The van der Waals surface area contributed by atoms with Gasteiger partial charge in [-0.25, -0.2) is 4.79 Å². The lowest BCUT2D eigenvalue weighted by Crippen LogP contribution is -2.34. The van der Waals surface area contributed by atoms with Crippen LogP contribution in [0, 0.1) is 0 Å². The minimum absolute atomic E-state index is 0.109. The van der Waals surface area contributed by atoms with Crippen LogP contribution >= 0.6 is 0 Å². The topological polar surface area (TPSA) is 71.2 Å². The number of urea groups is 1. The molecule has 3 N–H and O–H groups in total. The van der Waals surface area contributed by atoms with E-state index in [4.69, 9.17) is 5.73 Å². The molecule has 1 saturated heterocycles. The molecule has 2 aromatic rings. The maximum absolute atomic E-state index is 11.9. The zero-order valence-corrected chi connectivity index (χ0v) is 13.6. The Hall–Kier alpha value is -2.40. The van der Waals surface area contributed by atoms with Crippen LogP contribution in [0.5, 0.6) is 0 Å². The largest absolute Gasteiger partial charge is 0.351 e. The quantitative estimate of drug-likeness (QED) is 0.892. The van der Waals surface area contributed by atoms with E-state index in [1.165, 1.54) is 18.4 Å². The monoisotopic (exact) mass is 322 g/mol. The van der Waals surface area contributed by atoms with Crippen LogP contribution in [0.25, 0.3) is 0 Å². The van der Waals surface area contributed by atoms with Gasteiger partial charge in [-0.2, -0.15) is 0 Å². The summed E-state index contributed by atoms with van der Waals surface area (Å²) in [5.74, 6) is 0.632. The average Bonchev–Trinajstić information content (AvgIpc) is 3.02. The molecule has 4 rings (SSSR count). The van der Waals surface area contributed by atoms with Gasteiger partial charge in [0.15, 0.2) is 0 Å². The Morgan fingerprint density at radius 1 is 1.12 bits per heavy atom. The molecule has 24 heavy (non-hydrogen) atoms. The van der Waals surface area contributed by atoms with Crippen LogP contribution < -0.4 is 11.1 Å². The number of carbonyl (C=O) groups excluding carboxylic acids is 1. The summed E-state index contributed by atoms with van der Waals surface area (Å²) in [6.07, 6.45) is 5.98. The number of nitrogens with two attached hydrogens (primary N) is 1. The van der Waals surface area contributed by atoms with E-state index in [1.807, 2.05) is 12.3 Å². The number of nitrogens with zero attached hydrogens (tertiary/aromatic N) is 2. The first-order valence-corrected chi connectivity index (χ1v) is 8.53. The number of primary amides is 1. The fourth-order valence-corrected chi connectivity index (χ4v) is 3.95. The zero-order chi connectivity index (χ0) is 16.5. The highest BCUT2D eigenvalue weighted by Gasteiger charge is 2.33. The second-order valence-electron chi connectivity index (χ2n) is 6.63. The fourth-order valence-electron chi connectivity index (χ4n) is 3.95. The summed E-state index contributed by atoms with van der Waals surface area (Å²) in [5.41, 5.74) is 10.3. The Bertz CT molecular complexity index is 737. The number of hydrogen-bond donors (Lipinski definition) is 2. The van der Waals surface area contributed by atoms with Gasteiger partial charge in [-0.15, -0.1) is 0 Å². The molecule has 3 heterocycles. The molecule has 2 amide bonds. The lowest BCUT2D eigenvalue weighted by molar-refractivity contribution is 0.199. The average molecular weight is 322 g/mol. The van der Waals surface area contributed by atoms with Crippen molar-refractivity contribution in [3.8, 4) is 0 Å². The highest BCUT2D eigenvalue weighted by Crippen LogP contribution is 2.38. The van der Waals surface area contributed by atoms with Crippen LogP contribution in [-0.4, -0.2) is 29.0 Å². The van der Waals surface area contributed by atoms with E-state index in [-0.39, 0.29) is 6.04 Å². The SMILES string of the molecule is NC(=O)N1Cc2cnccc2C1c1ccc(C2CCNCC2)cc1. The maximum atomic E-state index is 11.9. The first-order valence-electron chi connectivity index (χ1n) is 8.53. The first-order chi connectivity index (χ1) is 11.7. The number of pyridine rings is 1. The molecule has 2 aliphatic rings. The van der Waals surface area contributed by atoms with Gasteiger partial charge >= 0.3 is 6.03 Å². The van der Waals surface area contributed by atoms with E-state index >= 15 is 0 Å². The molecule has 0 aliphatic carbocycles. The van der Waals surface area contributed by atoms with E-state index in [0.29, 0.717) is 12.5 Å². The lowest BCUT2D eigenvalue weighted by atomic mass is 9.88. The number of carbonyl (C=O) groups is 1. The molecule has 2 aliphatic heterocycles. The van der Waals surface area contributed by atoms with Gasteiger partial charge in [0.1, 0.15) is 0 Å². The minimum Gasteiger partial charge on any atom is -0.351 e. The van der Waals surface area contributed by atoms with Gasteiger partial charge in [-0.3, -0.25) is 4.98 Å². The van der Waals surface area contributed by atoms with E-state index in [2.05, 4.69) is 34.6 Å². The number of hydrogen-bond acceptors (Lipinski definition) is 3. The number of amides is 2. The van der Waals surface area contributed by atoms with Crippen LogP contribution in [0.15, 0.2) is 42.7 Å². The molecular formula is C19H22N4O. The molecule has 1 aromatic heterocycles. The maximum Gasteiger partial charge on any atom is 0.315 e. The Morgan fingerprint density at radius 2 is 1.83 bits per heavy atom. The van der Waals surface area contributed by atoms with Crippen molar-refractivity contribution in [2.24, 2.45) is 5.73 Å². The molecule has 1 atom stereocenters. The zero-order valence-electron chi connectivity index (χ0n) is 13.6. The third-order valence-electron chi connectivity index (χ3n) is 5.23. The Morgan fingerprint density at radius 3 is 2.54 bits per heavy atom. The predicted molar refractivity (Wildman–Crippen MR) is 92.5 cm³/mol. The summed E-state index contributed by atoms with van der Waals surface area (Å²) in [7, 11) is 0. The molecule has 1 fully saturated rings. The van der Waals surface area contributed by atoms with Gasteiger partial charge in [-0.05, 0) is 60.2 Å². The molecule has 0 saturated carbocycles. The van der Waals surface area contributed by atoms with Crippen LogP contribution in [0.4, 0.5) is 4.79 Å². The van der Waals surface area contributed by atoms with Crippen LogP contribution in [0.3, 0.4) is 0 Å². The molecular weight excluding hydrogens is 300 g/mol. The summed E-state index contributed by atoms with van der Waals surface area (Å²) in [5, 5.41) is 3.41. The number of benzene rings is 1. The second-order valence-corrected chi connectivity index (χ2v) is 6.63. The van der Waals surface area contributed by atoms with Crippen molar-refractivity contribution in [2.75, 3.05) is 13.1 Å². The third-order valence-corrected chi connectivity index (χ3v) is 5.23. The standard InChI is InChI=1S/C19H22N4O/c20-19(24)23-12-16-11-22-10-7-17(16)18(23)15-3-1-13(2-4-15)14-5-8-21-9-6-14/h1-4,7,10-11,14,18,21H,5-6,8-9,12H2,(H2,20,24). The number of piperidine rings is 1. The van der Waals surface area contributed by atoms with E-state index < -0.39 is 6.03 Å². The van der Waals surface area contributed by atoms with Crippen molar-refractivity contribution >= 4 is 6.03 Å². The predicted octanol–water partition coefficient (Wildman–Crippen LogP) is 2.53. The van der Waals surface area contributed by atoms with E-state index in [9.17, 15) is 4.79 Å². The molecule has 1 aromatic carbocycles. The molecule has 0 spiro atoms. The van der Waals surface area contributed by atoms with E-state index in [0.717, 1.165) is 29.8 Å². The van der Waals surface area contributed by atoms with Gasteiger partial charge in [0.2, 0.25) is 0 Å². The smallest absolute Gasteiger partial charge is 0.315 e. The van der Waals surface area contributed by atoms with Crippen LogP contribution in [-0.2, 0) is 6.54 Å². The van der Waals surface area contributed by atoms with Crippen molar-refractivity contribution in [1.82, 2.24) is 15.2 Å². The number of fused-ring (bicyclic) bond motifs is 1. The van der Waals surface area contributed by atoms with Gasteiger partial charge in [-0.1, -0.05) is 24.3 Å². The second kappa shape index (κ2) is 6.24. The van der Waals surface area contributed by atoms with Crippen molar-refractivity contribution < 1.29 is 4.79 Å². The summed E-state index contributed by atoms with van der Waals surface area (Å²) >= 11 is 0. The van der Waals surface area contributed by atoms with Crippen molar-refractivity contribution in [3.63, 3.8) is 0 Å². The number of rotatable bonds is 2. The lowest BCUT2D eigenvalue weighted by Gasteiger charge is -2.26. The normalized spacial score (nSPS) is 20.8. The molecule has 5 heteroatoms. The molecule has 5 nitrogen and oxygen atoms in total. The number of aromatic nitrogens is 1. The fraction of sp³-hybridized carbons (Fsp3) is 0.368. The number of nitrogens with one attached hydrogen (secondary N) is 1. The van der Waals surface area contributed by atoms with Crippen molar-refractivity contribution in [3.05, 3.63) is 65.0 Å². The van der Waals surface area contributed by atoms with Gasteiger partial charge in [0.25, 0.3) is 0 Å². The molecule has 0 bridgehead atoms. The van der Waals surface area contributed by atoms with Crippen LogP contribution in [0.2, 0.25) is 0 Å².